The average Bonchev–Trinajstić information content (AvgIpc) is 2.23. The molecule has 0 saturated heterocycles. The number of carboxylic acids is 1. The Morgan fingerprint density at radius 2 is 2.22 bits per heavy atom. The summed E-state index contributed by atoms with van der Waals surface area (Å²) in [7, 11) is 0. The number of rotatable bonds is 5. The van der Waals surface area contributed by atoms with Crippen molar-refractivity contribution in [2.45, 2.75) is 25.7 Å². The molecule has 0 bridgehead atoms. The van der Waals surface area contributed by atoms with Gasteiger partial charge in [0.05, 0.1) is 11.3 Å². The smallest absolute Gasteiger partial charge is 0.337 e. The van der Waals surface area contributed by atoms with E-state index in [-0.39, 0.29) is 16.9 Å². The third-order valence-corrected chi connectivity index (χ3v) is 3.46. The maximum atomic E-state index is 13.6. The number of anilines is 2. The Bertz CT molecular complexity index is 459. The van der Waals surface area contributed by atoms with Gasteiger partial charge in [0, 0.05) is 12.2 Å². The molecule has 0 atom stereocenters. The molecule has 1 aromatic rings. The number of aromatic carboxylic acids is 1. The number of carbonyl (C=O) groups is 1. The molecule has 0 unspecified atom stereocenters. The zero-order valence-corrected chi connectivity index (χ0v) is 10.1. The molecule has 2 rings (SSSR count). The third-order valence-electron chi connectivity index (χ3n) is 3.46. The maximum absolute atomic E-state index is 13.6. The van der Waals surface area contributed by atoms with Crippen LogP contribution >= 0.6 is 0 Å². The Labute approximate surface area is 105 Å². The molecule has 0 radical (unpaired) electrons. The van der Waals surface area contributed by atoms with Crippen molar-refractivity contribution in [1.29, 1.82) is 0 Å². The summed E-state index contributed by atoms with van der Waals surface area (Å²) >= 11 is 0. The van der Waals surface area contributed by atoms with Crippen LogP contribution in [0.2, 0.25) is 0 Å². The number of hydrogen-bond acceptors (Lipinski definition) is 3. The first kappa shape index (κ1) is 12.7. The molecule has 1 aromatic carbocycles. The van der Waals surface area contributed by atoms with Gasteiger partial charge >= 0.3 is 5.97 Å². The minimum Gasteiger partial charge on any atom is -0.478 e. The fourth-order valence-electron chi connectivity index (χ4n) is 2.10. The lowest BCUT2D eigenvalue weighted by atomic mass is 9.83. The molecule has 0 heterocycles. The Balaban J connectivity index is 2.01. The second-order valence-electron chi connectivity index (χ2n) is 4.74. The van der Waals surface area contributed by atoms with Gasteiger partial charge in [0.1, 0.15) is 5.82 Å². The predicted molar refractivity (Wildman–Crippen MR) is 68.2 cm³/mol. The second kappa shape index (κ2) is 5.25. The molecule has 0 aromatic heterocycles. The van der Waals surface area contributed by atoms with Crippen molar-refractivity contribution >= 4 is 17.3 Å². The van der Waals surface area contributed by atoms with Crippen molar-refractivity contribution in [1.82, 2.24) is 0 Å². The normalized spacial score (nSPS) is 15.2. The van der Waals surface area contributed by atoms with Gasteiger partial charge in [-0.05, 0) is 24.5 Å². The first-order valence-electron chi connectivity index (χ1n) is 6.14. The van der Waals surface area contributed by atoms with Crippen LogP contribution < -0.4 is 11.1 Å². The standard InChI is InChI=1S/C13H17FN2O2/c14-10-7-11(15)9(13(17)18)6-12(10)16-5-4-8-2-1-3-8/h6-8,16H,1-5,15H2,(H,17,18). The molecule has 1 aliphatic carbocycles. The van der Waals surface area contributed by atoms with Crippen molar-refractivity contribution < 1.29 is 14.3 Å². The van der Waals surface area contributed by atoms with Gasteiger partial charge in [-0.2, -0.15) is 0 Å². The zero-order chi connectivity index (χ0) is 13.1. The number of carboxylic acid groups (broad SMARTS) is 1. The van der Waals surface area contributed by atoms with Gasteiger partial charge in [0.15, 0.2) is 0 Å². The van der Waals surface area contributed by atoms with E-state index in [1.165, 1.54) is 25.3 Å². The molecule has 1 saturated carbocycles. The molecule has 98 valence electrons. The molecule has 0 spiro atoms. The van der Waals surface area contributed by atoms with Crippen molar-refractivity contribution in [3.05, 3.63) is 23.5 Å². The first-order valence-corrected chi connectivity index (χ1v) is 6.14. The lowest BCUT2D eigenvalue weighted by Crippen LogP contribution is -2.16. The molecular weight excluding hydrogens is 235 g/mol. The Kier molecular flexibility index (Phi) is 3.69. The summed E-state index contributed by atoms with van der Waals surface area (Å²) in [6, 6.07) is 2.31. The van der Waals surface area contributed by atoms with E-state index in [9.17, 15) is 9.18 Å². The second-order valence-corrected chi connectivity index (χ2v) is 4.74. The fraction of sp³-hybridized carbons (Fsp3) is 0.462. The van der Waals surface area contributed by atoms with E-state index in [1.807, 2.05) is 0 Å². The van der Waals surface area contributed by atoms with Crippen molar-refractivity contribution in [2.75, 3.05) is 17.6 Å². The third kappa shape index (κ3) is 2.72. The van der Waals surface area contributed by atoms with Crippen LogP contribution in [0.5, 0.6) is 0 Å². The highest BCUT2D eigenvalue weighted by atomic mass is 19.1. The quantitative estimate of drug-likeness (QED) is 0.704. The van der Waals surface area contributed by atoms with E-state index in [0.717, 1.165) is 18.4 Å². The van der Waals surface area contributed by atoms with E-state index in [1.54, 1.807) is 0 Å². The summed E-state index contributed by atoms with van der Waals surface area (Å²) in [4.78, 5) is 10.9. The molecule has 4 nitrogen and oxygen atoms in total. The van der Waals surface area contributed by atoms with Crippen molar-refractivity contribution in [3.63, 3.8) is 0 Å². The van der Waals surface area contributed by atoms with Crippen molar-refractivity contribution in [2.24, 2.45) is 5.92 Å². The SMILES string of the molecule is Nc1cc(F)c(NCCC2CCC2)cc1C(=O)O. The van der Waals surface area contributed by atoms with E-state index >= 15 is 0 Å². The lowest BCUT2D eigenvalue weighted by molar-refractivity contribution is 0.0698. The fourth-order valence-corrected chi connectivity index (χ4v) is 2.10. The number of nitrogens with one attached hydrogen (secondary N) is 1. The van der Waals surface area contributed by atoms with E-state index in [0.29, 0.717) is 6.54 Å². The molecule has 1 fully saturated rings. The lowest BCUT2D eigenvalue weighted by Gasteiger charge is -2.25. The van der Waals surface area contributed by atoms with Gasteiger partial charge in [-0.25, -0.2) is 9.18 Å². The largest absolute Gasteiger partial charge is 0.478 e. The van der Waals surface area contributed by atoms with E-state index in [2.05, 4.69) is 5.32 Å². The maximum Gasteiger partial charge on any atom is 0.337 e. The van der Waals surface area contributed by atoms with Gasteiger partial charge in [-0.1, -0.05) is 19.3 Å². The monoisotopic (exact) mass is 252 g/mol. The Hall–Kier alpha value is -1.78. The van der Waals surface area contributed by atoms with E-state index in [4.69, 9.17) is 10.8 Å². The highest BCUT2D eigenvalue weighted by molar-refractivity contribution is 5.94. The summed E-state index contributed by atoms with van der Waals surface area (Å²) in [5.41, 5.74) is 5.54. The topological polar surface area (TPSA) is 75.3 Å². The van der Waals surface area contributed by atoms with Gasteiger partial charge in [0.2, 0.25) is 0 Å². The summed E-state index contributed by atoms with van der Waals surface area (Å²) < 4.78 is 13.6. The number of benzene rings is 1. The summed E-state index contributed by atoms with van der Waals surface area (Å²) in [5.74, 6) is -0.922. The molecule has 18 heavy (non-hydrogen) atoms. The van der Waals surface area contributed by atoms with Crippen LogP contribution in [0, 0.1) is 11.7 Å². The van der Waals surface area contributed by atoms with Crippen molar-refractivity contribution in [3.8, 4) is 0 Å². The van der Waals surface area contributed by atoms with Crippen LogP contribution in [0.25, 0.3) is 0 Å². The van der Waals surface area contributed by atoms with Crippen LogP contribution in [0.15, 0.2) is 12.1 Å². The van der Waals surface area contributed by atoms with Crippen LogP contribution in [-0.4, -0.2) is 17.6 Å². The van der Waals surface area contributed by atoms with Gasteiger partial charge in [-0.3, -0.25) is 0 Å². The van der Waals surface area contributed by atoms with Crippen LogP contribution in [-0.2, 0) is 0 Å². The predicted octanol–water partition coefficient (Wildman–Crippen LogP) is 2.71. The minimum atomic E-state index is -1.14. The molecular formula is C13H17FN2O2. The van der Waals surface area contributed by atoms with E-state index < -0.39 is 11.8 Å². The number of hydrogen-bond donors (Lipinski definition) is 3. The summed E-state index contributed by atoms with van der Waals surface area (Å²) in [6.07, 6.45) is 4.76. The van der Waals surface area contributed by atoms with Gasteiger partial charge < -0.3 is 16.2 Å². The first-order chi connectivity index (χ1) is 8.58. The minimum absolute atomic E-state index is 0.0513. The Morgan fingerprint density at radius 1 is 1.50 bits per heavy atom. The molecule has 4 N–H and O–H groups in total. The molecule has 0 aliphatic heterocycles. The molecule has 0 amide bonds. The average molecular weight is 252 g/mol. The molecule has 1 aliphatic rings. The Morgan fingerprint density at radius 3 is 2.78 bits per heavy atom. The number of nitrogen functional groups attached to an aromatic ring is 1. The number of halogens is 1. The van der Waals surface area contributed by atoms with Gasteiger partial charge in [-0.15, -0.1) is 0 Å². The van der Waals surface area contributed by atoms with Crippen LogP contribution in [0.3, 0.4) is 0 Å². The highest BCUT2D eigenvalue weighted by Crippen LogP contribution is 2.29. The summed E-state index contributed by atoms with van der Waals surface area (Å²) in [6.45, 7) is 0.657. The van der Waals surface area contributed by atoms with Crippen LogP contribution in [0.1, 0.15) is 36.0 Å². The summed E-state index contributed by atoms with van der Waals surface area (Å²) in [5, 5.41) is 11.9. The number of nitrogens with two attached hydrogens (primary N) is 1. The van der Waals surface area contributed by atoms with Gasteiger partial charge in [0.25, 0.3) is 0 Å². The molecule has 5 heteroatoms. The zero-order valence-electron chi connectivity index (χ0n) is 10.1. The highest BCUT2D eigenvalue weighted by Gasteiger charge is 2.17. The van der Waals surface area contributed by atoms with Crippen LogP contribution in [0.4, 0.5) is 15.8 Å².